The highest BCUT2D eigenvalue weighted by molar-refractivity contribution is 5.54. The summed E-state index contributed by atoms with van der Waals surface area (Å²) in [6, 6.07) is 0. The number of ether oxygens (including phenoxy) is 1. The highest BCUT2D eigenvalue weighted by atomic mass is 16.5. The van der Waals surface area contributed by atoms with Gasteiger partial charge < -0.3 is 4.74 Å². The van der Waals surface area contributed by atoms with Crippen LogP contribution in [0.2, 0.25) is 0 Å². The van der Waals surface area contributed by atoms with Gasteiger partial charge in [0.25, 0.3) is 0 Å². The summed E-state index contributed by atoms with van der Waals surface area (Å²) in [4.78, 5) is 0. The summed E-state index contributed by atoms with van der Waals surface area (Å²) < 4.78 is 5.44. The summed E-state index contributed by atoms with van der Waals surface area (Å²) in [5, 5.41) is 0. The lowest BCUT2D eigenvalue weighted by Crippen LogP contribution is -1.88. The average Bonchev–Trinajstić information content (AvgIpc) is 2.41. The monoisotopic (exact) mass is 133 g/mol. The molecule has 0 N–H and O–H groups in total. The fraction of sp³-hybridized carbons (Fsp3) is 0.222. The van der Waals surface area contributed by atoms with Crippen molar-refractivity contribution < 1.29 is 4.74 Å². The first kappa shape index (κ1) is 5.78. The Morgan fingerprint density at radius 3 is 2.80 bits per heavy atom. The van der Waals surface area contributed by atoms with Gasteiger partial charge in [-0.15, -0.1) is 0 Å². The summed E-state index contributed by atoms with van der Waals surface area (Å²) in [5.74, 6) is 1.01. The van der Waals surface area contributed by atoms with Gasteiger partial charge >= 0.3 is 0 Å². The summed E-state index contributed by atoms with van der Waals surface area (Å²) in [7, 11) is 0. The van der Waals surface area contributed by atoms with Crippen LogP contribution in [0.5, 0.6) is 0 Å². The fourth-order valence-corrected chi connectivity index (χ4v) is 1.23. The molecule has 0 unspecified atom stereocenters. The lowest BCUT2D eigenvalue weighted by Gasteiger charge is -2.02. The van der Waals surface area contributed by atoms with Crippen molar-refractivity contribution in [1.82, 2.24) is 0 Å². The number of hydrogen-bond acceptors (Lipinski definition) is 1. The van der Waals surface area contributed by atoms with Gasteiger partial charge in [-0.2, -0.15) is 0 Å². The molecule has 0 saturated carbocycles. The van der Waals surface area contributed by atoms with Crippen LogP contribution in [0.4, 0.5) is 0 Å². The molecule has 2 rings (SSSR count). The van der Waals surface area contributed by atoms with Crippen molar-refractivity contribution in [3.05, 3.63) is 41.2 Å². The van der Waals surface area contributed by atoms with Crippen molar-refractivity contribution in [2.24, 2.45) is 0 Å². The van der Waals surface area contributed by atoms with E-state index in [2.05, 4.69) is 13.0 Å². The van der Waals surface area contributed by atoms with Crippen molar-refractivity contribution in [2.75, 3.05) is 0 Å². The Morgan fingerprint density at radius 2 is 2.10 bits per heavy atom. The van der Waals surface area contributed by atoms with Crippen LogP contribution < -0.4 is 0 Å². The van der Waals surface area contributed by atoms with Crippen molar-refractivity contribution in [1.29, 1.82) is 0 Å². The maximum Gasteiger partial charge on any atom is 0.171 e. The maximum absolute atomic E-state index is 5.44. The van der Waals surface area contributed by atoms with E-state index in [4.69, 9.17) is 4.74 Å². The Morgan fingerprint density at radius 1 is 1.30 bits per heavy atom. The van der Waals surface area contributed by atoms with Crippen LogP contribution in [0.25, 0.3) is 0 Å². The van der Waals surface area contributed by atoms with Crippen LogP contribution >= 0.6 is 0 Å². The Kier molecular flexibility index (Phi) is 1.01. The molecule has 0 fully saturated rings. The lowest BCUT2D eigenvalue weighted by molar-refractivity contribution is 0.278. The number of fused-ring (bicyclic) bond motifs is 1. The van der Waals surface area contributed by atoms with Gasteiger partial charge in [0.2, 0.25) is 0 Å². The lowest BCUT2D eigenvalue weighted by atomic mass is 10.1. The first-order valence-electron chi connectivity index (χ1n) is 3.40. The third kappa shape index (κ3) is 0.576. The third-order valence-electron chi connectivity index (χ3n) is 1.97. The average molecular weight is 133 g/mol. The van der Waals surface area contributed by atoms with Crippen molar-refractivity contribution in [3.8, 4) is 0 Å². The van der Waals surface area contributed by atoms with Gasteiger partial charge in [-0.05, 0) is 25.5 Å². The summed E-state index contributed by atoms with van der Waals surface area (Å²) in [6.45, 7) is 4.08. The van der Waals surface area contributed by atoms with Gasteiger partial charge in [0, 0.05) is 5.57 Å². The zero-order valence-corrected chi connectivity index (χ0v) is 6.14. The molecule has 2 aliphatic rings. The minimum absolute atomic E-state index is 1.01. The van der Waals surface area contributed by atoms with Crippen LogP contribution in [-0.2, 0) is 4.74 Å². The molecule has 1 aliphatic carbocycles. The molecule has 1 nitrogen and oxygen atoms in total. The van der Waals surface area contributed by atoms with Crippen molar-refractivity contribution in [2.45, 2.75) is 13.8 Å². The Hall–Kier alpha value is -0.980. The summed E-state index contributed by atoms with van der Waals surface area (Å²) in [5.41, 5.74) is 2.51. The minimum atomic E-state index is 1.01. The molecule has 0 atom stereocenters. The normalized spacial score (nSPS) is 23.2. The van der Waals surface area contributed by atoms with Crippen LogP contribution in [0.15, 0.2) is 35.1 Å². The van der Waals surface area contributed by atoms with Gasteiger partial charge in [-0.1, -0.05) is 12.2 Å². The first-order valence-corrected chi connectivity index (χ1v) is 3.40. The summed E-state index contributed by atoms with van der Waals surface area (Å²) >= 11 is 0. The van der Waals surface area contributed by atoms with E-state index in [0.29, 0.717) is 0 Å². The van der Waals surface area contributed by atoms with Crippen molar-refractivity contribution in [3.63, 3.8) is 0 Å². The second-order valence-electron chi connectivity index (χ2n) is 2.59. The molecule has 1 radical (unpaired) electrons. The zero-order chi connectivity index (χ0) is 7.14. The van der Waals surface area contributed by atoms with E-state index in [1.807, 2.05) is 19.1 Å². The van der Waals surface area contributed by atoms with Gasteiger partial charge in [-0.25, -0.2) is 0 Å². The fourth-order valence-electron chi connectivity index (χ4n) is 1.23. The van der Waals surface area contributed by atoms with Gasteiger partial charge in [0.1, 0.15) is 5.76 Å². The van der Waals surface area contributed by atoms with Crippen molar-refractivity contribution >= 4 is 0 Å². The highest BCUT2D eigenvalue weighted by Crippen LogP contribution is 2.37. The molecule has 0 spiro atoms. The molecule has 0 aromatic heterocycles. The second kappa shape index (κ2) is 1.75. The van der Waals surface area contributed by atoms with Crippen LogP contribution in [0.3, 0.4) is 0 Å². The van der Waals surface area contributed by atoms with E-state index in [-0.39, 0.29) is 0 Å². The SMILES string of the molecule is C[C]1OC2=CC=CC2=C1C. The molecular weight excluding hydrogens is 124 g/mol. The number of rotatable bonds is 0. The predicted octanol–water partition coefficient (Wildman–Crippen LogP) is 2.34. The second-order valence-corrected chi connectivity index (χ2v) is 2.59. The maximum atomic E-state index is 5.44. The molecule has 0 bridgehead atoms. The number of hydrogen-bond donors (Lipinski definition) is 0. The molecule has 0 saturated heterocycles. The molecule has 1 heterocycles. The summed E-state index contributed by atoms with van der Waals surface area (Å²) in [6.07, 6.45) is 7.13. The van der Waals surface area contributed by atoms with E-state index in [0.717, 1.165) is 11.9 Å². The smallest absolute Gasteiger partial charge is 0.171 e. The van der Waals surface area contributed by atoms with Gasteiger partial charge in [0.05, 0.1) is 0 Å². The molecule has 0 amide bonds. The third-order valence-corrected chi connectivity index (χ3v) is 1.97. The number of allylic oxidation sites excluding steroid dienone is 3. The standard InChI is InChI=1S/C9H9O/c1-6-7(2)10-9-5-3-4-8(6)9/h3-5H,1-2H3. The predicted molar refractivity (Wildman–Crippen MR) is 39.9 cm³/mol. The topological polar surface area (TPSA) is 9.23 Å². The van der Waals surface area contributed by atoms with E-state index < -0.39 is 0 Å². The molecule has 1 heteroatoms. The zero-order valence-electron chi connectivity index (χ0n) is 6.14. The van der Waals surface area contributed by atoms with E-state index in [9.17, 15) is 0 Å². The molecule has 0 aromatic carbocycles. The molecule has 1 aliphatic heterocycles. The van der Waals surface area contributed by atoms with E-state index in [1.165, 1.54) is 11.1 Å². The van der Waals surface area contributed by atoms with Gasteiger partial charge in [-0.3, -0.25) is 0 Å². The highest BCUT2D eigenvalue weighted by Gasteiger charge is 2.25. The van der Waals surface area contributed by atoms with E-state index in [1.54, 1.807) is 0 Å². The van der Waals surface area contributed by atoms with E-state index >= 15 is 0 Å². The molecule has 0 aromatic rings. The minimum Gasteiger partial charge on any atom is -0.478 e. The first-order chi connectivity index (χ1) is 4.79. The Labute approximate surface area is 60.7 Å². The van der Waals surface area contributed by atoms with Crippen LogP contribution in [-0.4, -0.2) is 0 Å². The van der Waals surface area contributed by atoms with Crippen LogP contribution in [0.1, 0.15) is 13.8 Å². The Bertz CT molecular complexity index is 256. The van der Waals surface area contributed by atoms with Crippen LogP contribution in [0, 0.1) is 6.10 Å². The molecule has 51 valence electrons. The largest absolute Gasteiger partial charge is 0.478 e. The molecule has 10 heavy (non-hydrogen) atoms. The molecular formula is C9H9O. The van der Waals surface area contributed by atoms with Gasteiger partial charge in [0.15, 0.2) is 6.10 Å². The Balaban J connectivity index is 2.49. The quantitative estimate of drug-likeness (QED) is 0.492.